The third kappa shape index (κ3) is 4.07. The highest BCUT2D eigenvalue weighted by Gasteiger charge is 2.30. The maximum Gasteiger partial charge on any atom is 0.169 e. The van der Waals surface area contributed by atoms with Crippen LogP contribution in [0.15, 0.2) is 48.7 Å². The molecule has 1 aliphatic rings. The number of Topliss-reactive ketones (excluding diaryl/α,β-unsaturated/α-hetero) is 1. The maximum atomic E-state index is 13.6. The molecule has 0 amide bonds. The van der Waals surface area contributed by atoms with Crippen LogP contribution < -0.4 is 4.74 Å². The number of fused-ring (bicyclic) bond motifs is 1. The minimum Gasteiger partial charge on any atom is -0.508 e. The number of allylic oxidation sites excluding steroid dienone is 2. The number of benzene rings is 2. The fourth-order valence-electron chi connectivity index (χ4n) is 4.44. The fraction of sp³-hybridized carbons (Fsp3) is 0.333. The molecule has 2 unspecified atom stereocenters. The molecule has 166 valence electrons. The van der Waals surface area contributed by atoms with E-state index in [2.05, 4.69) is 42.2 Å². The molecule has 1 aliphatic heterocycles. The Morgan fingerprint density at radius 2 is 2.12 bits per heavy atom. The quantitative estimate of drug-likeness (QED) is 0.483. The number of aromatic amines is 1. The summed E-state index contributed by atoms with van der Waals surface area (Å²) in [6.07, 6.45) is 5.30. The molecule has 0 spiro atoms. The van der Waals surface area contributed by atoms with E-state index in [-0.39, 0.29) is 17.5 Å². The molecular weight excluding hydrogens is 400 g/mol. The van der Waals surface area contributed by atoms with Crippen LogP contribution in [0.2, 0.25) is 0 Å². The second-order valence-corrected chi connectivity index (χ2v) is 8.59. The Morgan fingerprint density at radius 3 is 2.81 bits per heavy atom. The highest BCUT2D eigenvalue weighted by molar-refractivity contribution is 6.22. The van der Waals surface area contributed by atoms with Crippen LogP contribution in [0.25, 0.3) is 16.7 Å². The van der Waals surface area contributed by atoms with E-state index in [9.17, 15) is 9.90 Å². The summed E-state index contributed by atoms with van der Waals surface area (Å²) >= 11 is 0. The number of aromatic hydroxyl groups is 1. The number of aromatic nitrogens is 2. The van der Waals surface area contributed by atoms with E-state index in [4.69, 9.17) is 4.74 Å². The number of nitrogens with one attached hydrogen (secondary N) is 1. The third-order valence-electron chi connectivity index (χ3n) is 6.50. The van der Waals surface area contributed by atoms with Gasteiger partial charge in [0, 0.05) is 16.8 Å². The molecule has 0 radical (unpaired) electrons. The van der Waals surface area contributed by atoms with Crippen molar-refractivity contribution in [2.24, 2.45) is 5.92 Å². The summed E-state index contributed by atoms with van der Waals surface area (Å²) in [6, 6.07) is 11.4. The summed E-state index contributed by atoms with van der Waals surface area (Å²) in [5.41, 5.74) is 6.96. The van der Waals surface area contributed by atoms with Crippen LogP contribution >= 0.6 is 0 Å². The van der Waals surface area contributed by atoms with Gasteiger partial charge in [0.2, 0.25) is 0 Å². The lowest BCUT2D eigenvalue weighted by Gasteiger charge is -2.26. The number of ether oxygens (including phenoxy) is 1. The third-order valence-corrected chi connectivity index (χ3v) is 6.50. The molecule has 32 heavy (non-hydrogen) atoms. The molecule has 2 atom stereocenters. The zero-order chi connectivity index (χ0) is 22.8. The number of phenolic OH excluding ortho intramolecular Hbond substituents is 1. The minimum atomic E-state index is -0.281. The molecule has 5 nitrogen and oxygen atoms in total. The molecule has 1 aromatic heterocycles. The van der Waals surface area contributed by atoms with Gasteiger partial charge in [-0.05, 0) is 73.1 Å². The van der Waals surface area contributed by atoms with Crippen LogP contribution in [-0.2, 0) is 11.2 Å². The van der Waals surface area contributed by atoms with E-state index < -0.39 is 0 Å². The molecule has 2 aromatic carbocycles. The van der Waals surface area contributed by atoms with Gasteiger partial charge in [0.25, 0.3) is 0 Å². The standard InChI is InChI=1S/C27H30N2O3/c1-5-16(3)24-13-18(25-14-28-29-17(25)4)7-9-23(24)22(6-2)27(31)20-11-19-12-21(30)8-10-26(19)32-15-20/h6-10,12-14,16,20,30H,5,11,15H2,1-4H3,(H,28,29)/b22-6+. The van der Waals surface area contributed by atoms with E-state index in [1.807, 2.05) is 26.1 Å². The van der Waals surface area contributed by atoms with Gasteiger partial charge in [-0.15, -0.1) is 0 Å². The van der Waals surface area contributed by atoms with Gasteiger partial charge in [0.1, 0.15) is 11.5 Å². The molecule has 0 fully saturated rings. The first-order valence-electron chi connectivity index (χ1n) is 11.2. The molecule has 0 saturated heterocycles. The summed E-state index contributed by atoms with van der Waals surface area (Å²) in [7, 11) is 0. The summed E-state index contributed by atoms with van der Waals surface area (Å²) < 4.78 is 5.85. The van der Waals surface area contributed by atoms with Gasteiger partial charge in [-0.3, -0.25) is 9.89 Å². The number of ketones is 1. The minimum absolute atomic E-state index is 0.0817. The number of phenols is 1. The number of carbonyl (C=O) groups is 1. The second kappa shape index (κ2) is 9.03. The maximum absolute atomic E-state index is 13.6. The Morgan fingerprint density at radius 1 is 1.31 bits per heavy atom. The number of aryl methyl sites for hydroxylation is 1. The summed E-state index contributed by atoms with van der Waals surface area (Å²) in [5.74, 6) is 1.04. The van der Waals surface area contributed by atoms with Crippen molar-refractivity contribution in [3.05, 3.63) is 71.1 Å². The van der Waals surface area contributed by atoms with Gasteiger partial charge in [-0.25, -0.2) is 0 Å². The molecular formula is C27H30N2O3. The van der Waals surface area contributed by atoms with Crippen LogP contribution in [0.1, 0.15) is 55.5 Å². The Balaban J connectivity index is 1.69. The van der Waals surface area contributed by atoms with Gasteiger partial charge in [-0.1, -0.05) is 38.1 Å². The second-order valence-electron chi connectivity index (χ2n) is 8.59. The van der Waals surface area contributed by atoms with Crippen LogP contribution in [0.3, 0.4) is 0 Å². The van der Waals surface area contributed by atoms with Crippen molar-refractivity contribution >= 4 is 11.4 Å². The van der Waals surface area contributed by atoms with E-state index in [0.29, 0.717) is 18.9 Å². The topological polar surface area (TPSA) is 75.2 Å². The Kier molecular flexibility index (Phi) is 6.17. The zero-order valence-electron chi connectivity index (χ0n) is 19.1. The van der Waals surface area contributed by atoms with Crippen molar-refractivity contribution in [3.63, 3.8) is 0 Å². The lowest BCUT2D eigenvalue weighted by molar-refractivity contribution is -0.118. The fourth-order valence-corrected chi connectivity index (χ4v) is 4.44. The van der Waals surface area contributed by atoms with Crippen molar-refractivity contribution in [1.82, 2.24) is 10.2 Å². The molecule has 4 rings (SSSR count). The average Bonchev–Trinajstić information content (AvgIpc) is 3.24. The van der Waals surface area contributed by atoms with Crippen molar-refractivity contribution in [2.45, 2.75) is 46.5 Å². The van der Waals surface area contributed by atoms with E-state index >= 15 is 0 Å². The van der Waals surface area contributed by atoms with E-state index in [0.717, 1.165) is 45.7 Å². The Labute approximate surface area is 189 Å². The Bertz CT molecular complexity index is 1180. The first kappa shape index (κ1) is 21.9. The van der Waals surface area contributed by atoms with Crippen LogP contribution in [0.4, 0.5) is 0 Å². The predicted molar refractivity (Wildman–Crippen MR) is 127 cm³/mol. The molecule has 3 aromatic rings. The number of hydrogen-bond donors (Lipinski definition) is 2. The van der Waals surface area contributed by atoms with Crippen LogP contribution in [0.5, 0.6) is 11.5 Å². The van der Waals surface area contributed by atoms with Crippen LogP contribution in [-0.4, -0.2) is 27.7 Å². The largest absolute Gasteiger partial charge is 0.508 e. The average molecular weight is 431 g/mol. The first-order valence-corrected chi connectivity index (χ1v) is 11.2. The SMILES string of the molecule is C/C=C(/C(=O)C1COc2ccc(O)cc2C1)c1ccc(-c2cn[nH]c2C)cc1C(C)CC. The number of nitrogens with zero attached hydrogens (tertiary/aromatic N) is 1. The lowest BCUT2D eigenvalue weighted by Crippen LogP contribution is -2.29. The van der Waals surface area contributed by atoms with Gasteiger partial charge in [0.05, 0.1) is 18.7 Å². The number of H-pyrrole nitrogens is 1. The summed E-state index contributed by atoms with van der Waals surface area (Å²) in [6.45, 7) is 8.65. The molecule has 5 heteroatoms. The summed E-state index contributed by atoms with van der Waals surface area (Å²) in [5, 5.41) is 17.0. The van der Waals surface area contributed by atoms with Crippen molar-refractivity contribution in [3.8, 4) is 22.6 Å². The highest BCUT2D eigenvalue weighted by Crippen LogP contribution is 2.36. The van der Waals surface area contributed by atoms with Gasteiger partial charge in [0.15, 0.2) is 5.78 Å². The van der Waals surface area contributed by atoms with Crippen molar-refractivity contribution in [2.75, 3.05) is 6.61 Å². The van der Waals surface area contributed by atoms with Crippen LogP contribution in [0, 0.1) is 12.8 Å². The summed E-state index contributed by atoms with van der Waals surface area (Å²) in [4.78, 5) is 13.6. The Hall–Kier alpha value is -3.34. The smallest absolute Gasteiger partial charge is 0.169 e. The van der Waals surface area contributed by atoms with Gasteiger partial charge in [-0.2, -0.15) is 5.10 Å². The van der Waals surface area contributed by atoms with E-state index in [1.54, 1.807) is 18.2 Å². The predicted octanol–water partition coefficient (Wildman–Crippen LogP) is 5.83. The van der Waals surface area contributed by atoms with Gasteiger partial charge >= 0.3 is 0 Å². The zero-order valence-corrected chi connectivity index (χ0v) is 19.1. The normalized spacial score (nSPS) is 16.9. The highest BCUT2D eigenvalue weighted by atomic mass is 16.5. The molecule has 2 N–H and O–H groups in total. The lowest BCUT2D eigenvalue weighted by atomic mass is 9.82. The number of rotatable bonds is 6. The monoisotopic (exact) mass is 430 g/mol. The van der Waals surface area contributed by atoms with Gasteiger partial charge < -0.3 is 9.84 Å². The number of hydrogen-bond acceptors (Lipinski definition) is 4. The van der Waals surface area contributed by atoms with Crippen molar-refractivity contribution < 1.29 is 14.6 Å². The first-order chi connectivity index (χ1) is 15.4. The van der Waals surface area contributed by atoms with E-state index in [1.165, 1.54) is 5.56 Å². The molecule has 2 heterocycles. The molecule has 0 aliphatic carbocycles. The number of carbonyl (C=O) groups excluding carboxylic acids is 1. The van der Waals surface area contributed by atoms with Crippen molar-refractivity contribution in [1.29, 1.82) is 0 Å². The molecule has 0 saturated carbocycles. The molecule has 0 bridgehead atoms.